The Morgan fingerprint density at radius 3 is 2.39 bits per heavy atom. The van der Waals surface area contributed by atoms with Crippen LogP contribution >= 0.6 is 15.9 Å². The van der Waals surface area contributed by atoms with Gasteiger partial charge in [0.2, 0.25) is 0 Å². The molecule has 2 aromatic rings. The zero-order valence-electron chi connectivity index (χ0n) is 10.2. The zero-order valence-corrected chi connectivity index (χ0v) is 11.8. The Labute approximate surface area is 114 Å². The van der Waals surface area contributed by atoms with Gasteiger partial charge in [0, 0.05) is 4.47 Å². The predicted octanol–water partition coefficient (Wildman–Crippen LogP) is 4.15. The van der Waals surface area contributed by atoms with Gasteiger partial charge < -0.3 is 5.11 Å². The molecule has 1 unspecified atom stereocenters. The number of hydrogen-bond acceptors (Lipinski definition) is 1. The van der Waals surface area contributed by atoms with Gasteiger partial charge in [-0.1, -0.05) is 34.1 Å². The van der Waals surface area contributed by atoms with Crippen molar-refractivity contribution in [2.45, 2.75) is 19.4 Å². The van der Waals surface area contributed by atoms with Crippen molar-refractivity contribution in [1.29, 1.82) is 0 Å². The zero-order chi connectivity index (χ0) is 13.3. The molecule has 0 aromatic heterocycles. The lowest BCUT2D eigenvalue weighted by Crippen LogP contribution is -2.23. The molecule has 0 saturated carbocycles. The molecule has 94 valence electrons. The third-order valence-electron chi connectivity index (χ3n) is 3.11. The molecule has 0 bridgehead atoms. The van der Waals surface area contributed by atoms with Crippen LogP contribution in [0.5, 0.6) is 0 Å². The lowest BCUT2D eigenvalue weighted by Gasteiger charge is -2.25. The summed E-state index contributed by atoms with van der Waals surface area (Å²) >= 11 is 3.38. The Morgan fingerprint density at radius 2 is 1.78 bits per heavy atom. The van der Waals surface area contributed by atoms with Crippen LogP contribution in [-0.4, -0.2) is 5.11 Å². The van der Waals surface area contributed by atoms with E-state index >= 15 is 0 Å². The molecule has 1 nitrogen and oxygen atoms in total. The van der Waals surface area contributed by atoms with Gasteiger partial charge in [0.05, 0.1) is 0 Å². The molecule has 1 atom stereocenters. The summed E-state index contributed by atoms with van der Waals surface area (Å²) in [5.41, 5.74) is 0.840. The fourth-order valence-corrected chi connectivity index (χ4v) is 2.30. The van der Waals surface area contributed by atoms with Gasteiger partial charge in [-0.3, -0.25) is 0 Å². The fourth-order valence-electron chi connectivity index (χ4n) is 1.91. The van der Waals surface area contributed by atoms with Crippen molar-refractivity contribution in [3.8, 4) is 0 Å². The Morgan fingerprint density at radius 1 is 1.11 bits per heavy atom. The Bertz CT molecular complexity index is 578. The monoisotopic (exact) mass is 308 g/mol. The standard InChI is InChI=1S/C15H14BrFO/c1-10-8-12(6-7-14(10)17)15(2,18)11-4-3-5-13(16)9-11/h3-9,18H,1-2H3. The van der Waals surface area contributed by atoms with Crippen LogP contribution in [-0.2, 0) is 5.60 Å². The van der Waals surface area contributed by atoms with Crippen molar-refractivity contribution < 1.29 is 9.50 Å². The summed E-state index contributed by atoms with van der Waals surface area (Å²) in [6, 6.07) is 12.2. The third kappa shape index (κ3) is 2.47. The molecular formula is C15H14BrFO. The summed E-state index contributed by atoms with van der Waals surface area (Å²) in [7, 11) is 0. The molecule has 0 aliphatic carbocycles. The van der Waals surface area contributed by atoms with Crippen LogP contribution in [0.25, 0.3) is 0 Å². The lowest BCUT2D eigenvalue weighted by atomic mass is 9.87. The lowest BCUT2D eigenvalue weighted by molar-refractivity contribution is 0.102. The van der Waals surface area contributed by atoms with Gasteiger partial charge >= 0.3 is 0 Å². The van der Waals surface area contributed by atoms with E-state index in [1.165, 1.54) is 6.07 Å². The summed E-state index contributed by atoms with van der Waals surface area (Å²) in [5, 5.41) is 10.7. The highest BCUT2D eigenvalue weighted by atomic mass is 79.9. The molecule has 0 spiro atoms. The van der Waals surface area contributed by atoms with Crippen LogP contribution in [0, 0.1) is 12.7 Å². The molecule has 0 heterocycles. The maximum Gasteiger partial charge on any atom is 0.126 e. The Hall–Kier alpha value is -1.19. The first-order chi connectivity index (χ1) is 8.41. The summed E-state index contributed by atoms with van der Waals surface area (Å²) in [5.74, 6) is -0.260. The molecule has 0 saturated heterocycles. The van der Waals surface area contributed by atoms with Crippen molar-refractivity contribution in [3.05, 3.63) is 69.4 Å². The van der Waals surface area contributed by atoms with E-state index in [-0.39, 0.29) is 5.82 Å². The van der Waals surface area contributed by atoms with Crippen molar-refractivity contribution in [1.82, 2.24) is 0 Å². The third-order valence-corrected chi connectivity index (χ3v) is 3.60. The molecule has 1 N–H and O–H groups in total. The largest absolute Gasteiger partial charge is 0.381 e. The van der Waals surface area contributed by atoms with Gasteiger partial charge in [0.1, 0.15) is 11.4 Å². The van der Waals surface area contributed by atoms with Crippen LogP contribution in [0.4, 0.5) is 4.39 Å². The molecule has 3 heteroatoms. The Balaban J connectivity index is 2.50. The van der Waals surface area contributed by atoms with Crippen LogP contribution in [0.3, 0.4) is 0 Å². The molecule has 18 heavy (non-hydrogen) atoms. The second-order valence-corrected chi connectivity index (χ2v) is 5.46. The molecular weight excluding hydrogens is 295 g/mol. The van der Waals surface area contributed by atoms with Crippen LogP contribution in [0.2, 0.25) is 0 Å². The maximum atomic E-state index is 13.3. The minimum Gasteiger partial charge on any atom is -0.381 e. The number of benzene rings is 2. The molecule has 0 fully saturated rings. The minimum absolute atomic E-state index is 0.260. The topological polar surface area (TPSA) is 20.2 Å². The minimum atomic E-state index is -1.14. The highest BCUT2D eigenvalue weighted by Crippen LogP contribution is 2.31. The Kier molecular flexibility index (Phi) is 3.55. The van der Waals surface area contributed by atoms with Crippen molar-refractivity contribution >= 4 is 15.9 Å². The quantitative estimate of drug-likeness (QED) is 0.883. The molecule has 2 aromatic carbocycles. The van der Waals surface area contributed by atoms with Gasteiger partial charge in [-0.2, -0.15) is 0 Å². The second kappa shape index (κ2) is 4.82. The first kappa shape index (κ1) is 13.2. The molecule has 2 rings (SSSR count). The van der Waals surface area contributed by atoms with Crippen molar-refractivity contribution in [3.63, 3.8) is 0 Å². The van der Waals surface area contributed by atoms with Crippen molar-refractivity contribution in [2.24, 2.45) is 0 Å². The van der Waals surface area contributed by atoms with Crippen LogP contribution in [0.1, 0.15) is 23.6 Å². The number of halogens is 2. The highest BCUT2D eigenvalue weighted by molar-refractivity contribution is 9.10. The summed E-state index contributed by atoms with van der Waals surface area (Å²) < 4.78 is 14.2. The number of aryl methyl sites for hydroxylation is 1. The number of aliphatic hydroxyl groups is 1. The summed E-state index contributed by atoms with van der Waals surface area (Å²) in [6.45, 7) is 3.40. The van der Waals surface area contributed by atoms with E-state index in [0.717, 1.165) is 10.0 Å². The SMILES string of the molecule is Cc1cc(C(C)(O)c2cccc(Br)c2)ccc1F. The fraction of sp³-hybridized carbons (Fsp3) is 0.200. The van der Waals surface area contributed by atoms with E-state index in [2.05, 4.69) is 15.9 Å². The second-order valence-electron chi connectivity index (χ2n) is 4.55. The molecule has 0 amide bonds. The smallest absolute Gasteiger partial charge is 0.126 e. The summed E-state index contributed by atoms with van der Waals surface area (Å²) in [6.07, 6.45) is 0. The maximum absolute atomic E-state index is 13.3. The highest BCUT2D eigenvalue weighted by Gasteiger charge is 2.26. The first-order valence-corrected chi connectivity index (χ1v) is 6.45. The first-order valence-electron chi connectivity index (χ1n) is 5.66. The van der Waals surface area contributed by atoms with E-state index < -0.39 is 5.60 Å². The van der Waals surface area contributed by atoms with Crippen molar-refractivity contribution in [2.75, 3.05) is 0 Å². The van der Waals surface area contributed by atoms with E-state index in [0.29, 0.717) is 11.1 Å². The molecule has 0 radical (unpaired) electrons. The average molecular weight is 309 g/mol. The molecule has 0 aliphatic rings. The average Bonchev–Trinajstić information content (AvgIpc) is 2.32. The van der Waals surface area contributed by atoms with Crippen LogP contribution in [0.15, 0.2) is 46.9 Å². The van der Waals surface area contributed by atoms with Gasteiger partial charge in [-0.05, 0) is 54.8 Å². The summed E-state index contributed by atoms with van der Waals surface area (Å²) in [4.78, 5) is 0. The van der Waals surface area contributed by atoms with E-state index in [1.807, 2.05) is 24.3 Å². The van der Waals surface area contributed by atoms with E-state index in [4.69, 9.17) is 0 Å². The number of hydrogen-bond donors (Lipinski definition) is 1. The predicted molar refractivity (Wildman–Crippen MR) is 74.0 cm³/mol. The van der Waals surface area contributed by atoms with Crippen LogP contribution < -0.4 is 0 Å². The number of rotatable bonds is 2. The molecule has 0 aliphatic heterocycles. The van der Waals surface area contributed by atoms with Gasteiger partial charge in [-0.15, -0.1) is 0 Å². The van der Waals surface area contributed by atoms with Gasteiger partial charge in [-0.25, -0.2) is 4.39 Å². The normalized spacial score (nSPS) is 14.3. The van der Waals surface area contributed by atoms with E-state index in [9.17, 15) is 9.50 Å². The van der Waals surface area contributed by atoms with Gasteiger partial charge in [0.15, 0.2) is 0 Å². The van der Waals surface area contributed by atoms with E-state index in [1.54, 1.807) is 26.0 Å². The van der Waals surface area contributed by atoms with Gasteiger partial charge in [0.25, 0.3) is 0 Å².